The third-order valence-corrected chi connectivity index (χ3v) is 4.57. The molecule has 3 nitrogen and oxygen atoms in total. The van der Waals surface area contributed by atoms with Crippen molar-refractivity contribution in [2.24, 2.45) is 5.41 Å². The lowest BCUT2D eigenvalue weighted by Gasteiger charge is -2.57. The number of hydrogen-bond donors (Lipinski definition) is 0. The fourth-order valence-electron chi connectivity index (χ4n) is 3.48. The fourth-order valence-corrected chi connectivity index (χ4v) is 3.48. The lowest BCUT2D eigenvalue weighted by atomic mass is 9.86. The van der Waals surface area contributed by atoms with Crippen LogP contribution in [0.3, 0.4) is 0 Å². The lowest BCUT2D eigenvalue weighted by molar-refractivity contribution is -0.417. The smallest absolute Gasteiger partial charge is 0.258 e. The minimum Gasteiger partial charge on any atom is -0.333 e. The molecule has 0 unspecified atom stereocenters. The van der Waals surface area contributed by atoms with Gasteiger partial charge in [-0.15, -0.1) is 0 Å². The molecule has 0 atom stereocenters. The zero-order valence-corrected chi connectivity index (χ0v) is 13.5. The maximum Gasteiger partial charge on any atom is 0.258 e. The molecule has 0 aromatic heterocycles. The molecule has 3 heteroatoms. The average molecular weight is 289 g/mol. The molecule has 4 rings (SSSR count). The first-order valence-corrected chi connectivity index (χ1v) is 8.24. The van der Waals surface area contributed by atoms with E-state index in [1.165, 1.54) is 12.0 Å². The van der Waals surface area contributed by atoms with Gasteiger partial charge in [0.2, 0.25) is 0 Å². The summed E-state index contributed by atoms with van der Waals surface area (Å²) in [5, 5.41) is 0. The van der Waals surface area contributed by atoms with Crippen molar-refractivity contribution in [2.75, 3.05) is 26.3 Å². The largest absolute Gasteiger partial charge is 0.333 e. The van der Waals surface area contributed by atoms with Gasteiger partial charge in [-0.3, -0.25) is 0 Å². The van der Waals surface area contributed by atoms with Gasteiger partial charge in [0.15, 0.2) is 0 Å². The van der Waals surface area contributed by atoms with E-state index >= 15 is 0 Å². The van der Waals surface area contributed by atoms with E-state index in [1.54, 1.807) is 0 Å². The number of ether oxygens (including phenoxy) is 2. The van der Waals surface area contributed by atoms with Crippen molar-refractivity contribution in [2.45, 2.75) is 45.9 Å². The van der Waals surface area contributed by atoms with Crippen LogP contribution in [0.2, 0.25) is 0 Å². The lowest BCUT2D eigenvalue weighted by Crippen LogP contribution is -2.66. The molecular weight excluding hydrogens is 262 g/mol. The predicted octanol–water partition coefficient (Wildman–Crippen LogP) is 3.53. The van der Waals surface area contributed by atoms with Crippen LogP contribution in [0.5, 0.6) is 0 Å². The summed E-state index contributed by atoms with van der Waals surface area (Å²) >= 11 is 0. The summed E-state index contributed by atoms with van der Waals surface area (Å²) in [4.78, 5) is 2.37. The normalized spacial score (nSPS) is 32.5. The summed E-state index contributed by atoms with van der Waals surface area (Å²) in [5.74, 6) is -0.654. The van der Waals surface area contributed by atoms with E-state index in [2.05, 4.69) is 49.9 Å². The van der Waals surface area contributed by atoms with Crippen molar-refractivity contribution in [3.8, 4) is 0 Å². The van der Waals surface area contributed by atoms with Crippen LogP contribution in [-0.2, 0) is 21.8 Å². The van der Waals surface area contributed by atoms with Crippen LogP contribution in [-0.4, -0.2) is 31.2 Å². The Kier molecular flexibility index (Phi) is 4.08. The van der Waals surface area contributed by atoms with Crippen LogP contribution in [0.25, 0.3) is 0 Å². The maximum absolute atomic E-state index is 6.22. The Bertz CT molecular complexity index is 474. The van der Waals surface area contributed by atoms with Gasteiger partial charge in [-0.1, -0.05) is 51.5 Å². The molecule has 3 fully saturated rings. The Morgan fingerprint density at radius 1 is 1.05 bits per heavy atom. The molecule has 3 aliphatic rings. The van der Waals surface area contributed by atoms with Crippen molar-refractivity contribution in [3.63, 3.8) is 0 Å². The number of hydrogen-bond acceptors (Lipinski definition) is 3. The van der Waals surface area contributed by atoms with E-state index in [9.17, 15) is 0 Å². The Labute approximate surface area is 128 Å². The maximum atomic E-state index is 6.22. The van der Waals surface area contributed by atoms with Gasteiger partial charge in [0.25, 0.3) is 5.91 Å². The van der Waals surface area contributed by atoms with E-state index in [0.717, 1.165) is 44.7 Å². The van der Waals surface area contributed by atoms with Gasteiger partial charge < -0.3 is 9.47 Å². The van der Waals surface area contributed by atoms with Gasteiger partial charge in [-0.05, 0) is 18.4 Å². The second kappa shape index (κ2) is 5.71. The molecule has 2 bridgehead atoms. The first-order valence-electron chi connectivity index (χ1n) is 8.24. The van der Waals surface area contributed by atoms with E-state index in [0.29, 0.717) is 0 Å². The third-order valence-electron chi connectivity index (χ3n) is 4.57. The molecule has 0 spiro atoms. The Morgan fingerprint density at radius 2 is 1.71 bits per heavy atom. The van der Waals surface area contributed by atoms with Crippen LogP contribution >= 0.6 is 0 Å². The molecular formula is C18H27NO2. The number of rotatable bonds is 5. The molecule has 116 valence electrons. The van der Waals surface area contributed by atoms with Crippen LogP contribution < -0.4 is 0 Å². The summed E-state index contributed by atoms with van der Waals surface area (Å²) in [7, 11) is 0. The molecule has 1 aromatic carbocycles. The molecule has 3 saturated heterocycles. The van der Waals surface area contributed by atoms with Crippen LogP contribution in [0, 0.1) is 5.41 Å². The number of aryl methyl sites for hydroxylation is 1. The van der Waals surface area contributed by atoms with E-state index in [1.807, 2.05) is 0 Å². The van der Waals surface area contributed by atoms with Crippen molar-refractivity contribution >= 4 is 0 Å². The van der Waals surface area contributed by atoms with Gasteiger partial charge >= 0.3 is 0 Å². The van der Waals surface area contributed by atoms with Crippen molar-refractivity contribution in [1.82, 2.24) is 4.90 Å². The van der Waals surface area contributed by atoms with Crippen molar-refractivity contribution in [3.05, 3.63) is 35.4 Å². The minimum atomic E-state index is -0.654. The number of fused-ring (bicyclic) bond motifs is 3. The Morgan fingerprint density at radius 3 is 2.29 bits per heavy atom. The Hall–Kier alpha value is -0.900. The molecule has 0 aliphatic carbocycles. The highest BCUT2D eigenvalue weighted by Gasteiger charge is 2.54. The highest BCUT2D eigenvalue weighted by molar-refractivity contribution is 5.27. The highest BCUT2D eigenvalue weighted by Crippen LogP contribution is 2.46. The van der Waals surface area contributed by atoms with Crippen molar-refractivity contribution < 1.29 is 9.47 Å². The second-order valence-corrected chi connectivity index (χ2v) is 6.84. The van der Waals surface area contributed by atoms with Crippen molar-refractivity contribution in [1.29, 1.82) is 0 Å². The summed E-state index contributed by atoms with van der Waals surface area (Å²) in [6, 6.07) is 8.79. The highest BCUT2D eigenvalue weighted by atomic mass is 16.7. The summed E-state index contributed by atoms with van der Waals surface area (Å²) < 4.78 is 12.4. The van der Waals surface area contributed by atoms with E-state index < -0.39 is 5.91 Å². The second-order valence-electron chi connectivity index (χ2n) is 6.84. The summed E-state index contributed by atoms with van der Waals surface area (Å²) in [6.07, 6.45) is 3.42. The first kappa shape index (κ1) is 15.0. The summed E-state index contributed by atoms with van der Waals surface area (Å²) in [5.41, 5.74) is 2.66. The van der Waals surface area contributed by atoms with E-state index in [-0.39, 0.29) is 5.41 Å². The first-order chi connectivity index (χ1) is 10.1. The quantitative estimate of drug-likeness (QED) is 0.827. The monoisotopic (exact) mass is 289 g/mol. The number of benzene rings is 1. The molecule has 3 aliphatic heterocycles. The molecule has 0 amide bonds. The molecule has 0 N–H and O–H groups in total. The Balaban J connectivity index is 1.89. The number of nitrogens with zero attached hydrogens (tertiary/aromatic N) is 1. The van der Waals surface area contributed by atoms with Crippen LogP contribution in [0.1, 0.15) is 44.7 Å². The SMILES string of the molecule is CCCc1ccc(C23OCC(C)(CO2)CN3CCC)cc1. The molecule has 1 aromatic rings. The third kappa shape index (κ3) is 2.63. The van der Waals surface area contributed by atoms with Gasteiger partial charge in [-0.2, -0.15) is 0 Å². The van der Waals surface area contributed by atoms with Gasteiger partial charge in [0, 0.05) is 24.1 Å². The molecule has 0 saturated carbocycles. The molecule has 3 heterocycles. The zero-order valence-electron chi connectivity index (χ0n) is 13.5. The van der Waals surface area contributed by atoms with Crippen LogP contribution in [0.4, 0.5) is 0 Å². The standard InChI is InChI=1S/C18H27NO2/c1-4-6-15-7-9-16(10-8-15)18-19(11-5-2)12-17(3,13-20-18)14-21-18/h7-10H,4-6,11-14H2,1-3H3. The van der Waals surface area contributed by atoms with Gasteiger partial charge in [0.1, 0.15) is 0 Å². The molecule has 21 heavy (non-hydrogen) atoms. The minimum absolute atomic E-state index is 0.138. The molecule has 0 radical (unpaired) electrons. The van der Waals surface area contributed by atoms with Crippen LogP contribution in [0.15, 0.2) is 24.3 Å². The van der Waals surface area contributed by atoms with Gasteiger partial charge in [-0.25, -0.2) is 4.90 Å². The van der Waals surface area contributed by atoms with Gasteiger partial charge in [0.05, 0.1) is 13.2 Å². The predicted molar refractivity (Wildman–Crippen MR) is 84.0 cm³/mol. The topological polar surface area (TPSA) is 21.7 Å². The summed E-state index contributed by atoms with van der Waals surface area (Å²) in [6.45, 7) is 10.3. The zero-order chi connectivity index (χ0) is 14.9. The fraction of sp³-hybridized carbons (Fsp3) is 0.667. The van der Waals surface area contributed by atoms with E-state index in [4.69, 9.17) is 9.47 Å². The average Bonchev–Trinajstić information content (AvgIpc) is 2.49.